The Morgan fingerprint density at radius 2 is 2.00 bits per heavy atom. The van der Waals surface area contributed by atoms with Gasteiger partial charge < -0.3 is 5.11 Å². The molecule has 3 heteroatoms. The minimum absolute atomic E-state index is 0.328. The van der Waals surface area contributed by atoms with Crippen molar-refractivity contribution in [3.63, 3.8) is 0 Å². The molecule has 0 atom stereocenters. The topological polar surface area (TPSA) is 38.0 Å². The molecule has 1 aromatic rings. The summed E-state index contributed by atoms with van der Waals surface area (Å²) in [6, 6.07) is 0. The number of nitrogens with zero attached hydrogens (tertiary/aromatic N) is 2. The largest absolute Gasteiger partial charge is 0.504 e. The van der Waals surface area contributed by atoms with Crippen LogP contribution in [0.3, 0.4) is 0 Å². The first-order chi connectivity index (χ1) is 7.11. The first kappa shape index (κ1) is 12.1. The summed E-state index contributed by atoms with van der Waals surface area (Å²) in [6.07, 6.45) is 3.06. The van der Waals surface area contributed by atoms with E-state index in [0.29, 0.717) is 11.7 Å². The van der Waals surface area contributed by atoms with E-state index in [0.717, 1.165) is 37.2 Å². The fourth-order valence-corrected chi connectivity index (χ4v) is 1.80. The standard InChI is InChI=1S/C12H22N2O/c1-5-7-8-14-11(9(3)4)12(15)10(6-2)13-14/h9,15H,5-8H2,1-4H3. The lowest BCUT2D eigenvalue weighted by molar-refractivity contribution is 0.451. The van der Waals surface area contributed by atoms with Crippen molar-refractivity contribution in [2.75, 3.05) is 0 Å². The van der Waals surface area contributed by atoms with Crippen molar-refractivity contribution in [1.29, 1.82) is 0 Å². The van der Waals surface area contributed by atoms with Crippen molar-refractivity contribution in [3.8, 4) is 5.75 Å². The number of aromatic nitrogens is 2. The Labute approximate surface area is 92.1 Å². The van der Waals surface area contributed by atoms with Crippen molar-refractivity contribution >= 4 is 0 Å². The average Bonchev–Trinajstić information content (AvgIpc) is 2.51. The molecule has 0 saturated carbocycles. The van der Waals surface area contributed by atoms with Gasteiger partial charge >= 0.3 is 0 Å². The lowest BCUT2D eigenvalue weighted by atomic mass is 10.1. The third-order valence-electron chi connectivity index (χ3n) is 2.64. The van der Waals surface area contributed by atoms with E-state index in [2.05, 4.69) is 25.9 Å². The average molecular weight is 210 g/mol. The van der Waals surface area contributed by atoms with E-state index in [1.165, 1.54) is 0 Å². The van der Waals surface area contributed by atoms with Crippen LogP contribution >= 0.6 is 0 Å². The molecule has 0 spiro atoms. The highest BCUT2D eigenvalue weighted by atomic mass is 16.3. The van der Waals surface area contributed by atoms with Gasteiger partial charge in [0, 0.05) is 6.54 Å². The second-order valence-electron chi connectivity index (χ2n) is 4.27. The zero-order valence-electron chi connectivity index (χ0n) is 10.2. The van der Waals surface area contributed by atoms with Crippen molar-refractivity contribution < 1.29 is 5.11 Å². The number of unbranched alkanes of at least 4 members (excludes halogenated alkanes) is 1. The predicted molar refractivity (Wildman–Crippen MR) is 62.3 cm³/mol. The summed E-state index contributed by atoms with van der Waals surface area (Å²) in [5.41, 5.74) is 1.81. The van der Waals surface area contributed by atoms with Gasteiger partial charge in [-0.3, -0.25) is 4.68 Å². The zero-order chi connectivity index (χ0) is 11.4. The van der Waals surface area contributed by atoms with Crippen molar-refractivity contribution in [3.05, 3.63) is 11.4 Å². The Bertz CT molecular complexity index is 316. The molecule has 0 unspecified atom stereocenters. The quantitative estimate of drug-likeness (QED) is 0.811. The van der Waals surface area contributed by atoms with Gasteiger partial charge in [-0.15, -0.1) is 0 Å². The summed E-state index contributed by atoms with van der Waals surface area (Å²) in [5.74, 6) is 0.734. The van der Waals surface area contributed by atoms with Gasteiger partial charge in [-0.05, 0) is 18.8 Å². The van der Waals surface area contributed by atoms with Crippen LogP contribution in [0.15, 0.2) is 0 Å². The van der Waals surface area contributed by atoms with Crippen LogP contribution in [-0.4, -0.2) is 14.9 Å². The summed E-state index contributed by atoms with van der Waals surface area (Å²) in [7, 11) is 0. The van der Waals surface area contributed by atoms with Gasteiger partial charge in [0.25, 0.3) is 0 Å². The van der Waals surface area contributed by atoms with Crippen LogP contribution in [-0.2, 0) is 13.0 Å². The Balaban J connectivity index is 3.01. The number of aryl methyl sites for hydroxylation is 2. The van der Waals surface area contributed by atoms with Gasteiger partial charge in [-0.25, -0.2) is 0 Å². The van der Waals surface area contributed by atoms with Crippen LogP contribution in [0.5, 0.6) is 5.75 Å². The fraction of sp³-hybridized carbons (Fsp3) is 0.750. The molecule has 1 rings (SSSR count). The molecule has 1 N–H and O–H groups in total. The molecular formula is C12H22N2O. The van der Waals surface area contributed by atoms with Crippen LogP contribution in [0, 0.1) is 0 Å². The minimum Gasteiger partial charge on any atom is -0.504 e. The minimum atomic E-state index is 0.328. The molecule has 3 nitrogen and oxygen atoms in total. The summed E-state index contributed by atoms with van der Waals surface area (Å²) in [4.78, 5) is 0. The van der Waals surface area contributed by atoms with E-state index in [-0.39, 0.29) is 0 Å². The maximum atomic E-state index is 10.00. The summed E-state index contributed by atoms with van der Waals surface area (Å²) in [5, 5.41) is 14.4. The molecule has 0 aromatic carbocycles. The van der Waals surface area contributed by atoms with Crippen molar-refractivity contribution in [2.24, 2.45) is 0 Å². The lowest BCUT2D eigenvalue weighted by Gasteiger charge is -2.09. The Morgan fingerprint density at radius 3 is 2.47 bits per heavy atom. The van der Waals surface area contributed by atoms with Gasteiger partial charge in [0.2, 0.25) is 0 Å². The van der Waals surface area contributed by atoms with E-state index in [4.69, 9.17) is 0 Å². The number of rotatable bonds is 5. The van der Waals surface area contributed by atoms with E-state index in [1.807, 2.05) is 11.6 Å². The molecule has 1 heterocycles. The van der Waals surface area contributed by atoms with Gasteiger partial charge in [0.15, 0.2) is 5.75 Å². The Kier molecular flexibility index (Phi) is 4.18. The fourth-order valence-electron chi connectivity index (χ4n) is 1.80. The number of hydrogen-bond acceptors (Lipinski definition) is 2. The van der Waals surface area contributed by atoms with E-state index in [1.54, 1.807) is 0 Å². The summed E-state index contributed by atoms with van der Waals surface area (Å²) in [6.45, 7) is 9.30. The lowest BCUT2D eigenvalue weighted by Crippen LogP contribution is -2.06. The van der Waals surface area contributed by atoms with Crippen LogP contribution in [0.2, 0.25) is 0 Å². The molecule has 0 radical (unpaired) electrons. The maximum Gasteiger partial charge on any atom is 0.160 e. The zero-order valence-corrected chi connectivity index (χ0v) is 10.2. The molecule has 0 fully saturated rings. The molecule has 0 saturated heterocycles. The Morgan fingerprint density at radius 1 is 1.33 bits per heavy atom. The molecule has 86 valence electrons. The van der Waals surface area contributed by atoms with Crippen LogP contribution in [0.1, 0.15) is 57.8 Å². The van der Waals surface area contributed by atoms with Gasteiger partial charge in [-0.1, -0.05) is 34.1 Å². The SMILES string of the molecule is CCCCn1nc(CC)c(O)c1C(C)C. The monoisotopic (exact) mass is 210 g/mol. The highest BCUT2D eigenvalue weighted by Gasteiger charge is 2.17. The molecule has 0 aliphatic carbocycles. The third-order valence-corrected chi connectivity index (χ3v) is 2.64. The molecule has 15 heavy (non-hydrogen) atoms. The van der Waals surface area contributed by atoms with Gasteiger partial charge in [-0.2, -0.15) is 5.10 Å². The van der Waals surface area contributed by atoms with Crippen molar-refractivity contribution in [1.82, 2.24) is 9.78 Å². The third kappa shape index (κ3) is 2.52. The molecule has 1 aromatic heterocycles. The van der Waals surface area contributed by atoms with Crippen molar-refractivity contribution in [2.45, 2.75) is 59.4 Å². The highest BCUT2D eigenvalue weighted by molar-refractivity contribution is 5.34. The van der Waals surface area contributed by atoms with Crippen LogP contribution < -0.4 is 0 Å². The van der Waals surface area contributed by atoms with E-state index < -0.39 is 0 Å². The normalized spacial score (nSPS) is 11.3. The second-order valence-corrected chi connectivity index (χ2v) is 4.27. The first-order valence-electron chi connectivity index (χ1n) is 5.90. The second kappa shape index (κ2) is 5.19. The molecular weight excluding hydrogens is 188 g/mol. The van der Waals surface area contributed by atoms with E-state index in [9.17, 15) is 5.11 Å². The molecule has 0 bridgehead atoms. The smallest absolute Gasteiger partial charge is 0.160 e. The number of aromatic hydroxyl groups is 1. The Hall–Kier alpha value is -0.990. The highest BCUT2D eigenvalue weighted by Crippen LogP contribution is 2.29. The number of hydrogen-bond donors (Lipinski definition) is 1. The predicted octanol–water partition coefficient (Wildman–Crippen LogP) is 3.07. The van der Waals surface area contributed by atoms with E-state index >= 15 is 0 Å². The van der Waals surface area contributed by atoms with Crippen LogP contribution in [0.25, 0.3) is 0 Å². The summed E-state index contributed by atoms with van der Waals surface area (Å²) >= 11 is 0. The van der Waals surface area contributed by atoms with Crippen LogP contribution in [0.4, 0.5) is 0 Å². The maximum absolute atomic E-state index is 10.00. The summed E-state index contributed by atoms with van der Waals surface area (Å²) < 4.78 is 1.97. The van der Waals surface area contributed by atoms with Gasteiger partial charge in [0.1, 0.15) is 5.69 Å². The molecule has 0 amide bonds. The molecule has 0 aliphatic rings. The molecule has 0 aliphatic heterocycles. The van der Waals surface area contributed by atoms with Gasteiger partial charge in [0.05, 0.1) is 5.69 Å². The first-order valence-corrected chi connectivity index (χ1v) is 5.90.